The van der Waals surface area contributed by atoms with Gasteiger partial charge in [0, 0.05) is 23.7 Å². The summed E-state index contributed by atoms with van der Waals surface area (Å²) in [6, 6.07) is 13.6. The Bertz CT molecular complexity index is 1450. The number of amides is 1. The number of sulfonamides is 1. The van der Waals surface area contributed by atoms with Crippen molar-refractivity contribution in [2.24, 2.45) is 5.92 Å². The monoisotopic (exact) mass is 565 g/mol. The molecule has 9 nitrogen and oxygen atoms in total. The minimum absolute atomic E-state index is 0.0326. The molecule has 1 aromatic heterocycles. The number of anilines is 1. The second kappa shape index (κ2) is 12.3. The molecule has 1 aliphatic heterocycles. The summed E-state index contributed by atoms with van der Waals surface area (Å²) in [4.78, 5) is 26.8. The first-order chi connectivity index (χ1) is 18.9. The Morgan fingerprint density at radius 2 is 1.77 bits per heavy atom. The van der Waals surface area contributed by atoms with E-state index in [1.807, 2.05) is 51.0 Å². The summed E-state index contributed by atoms with van der Waals surface area (Å²) in [5.41, 5.74) is 3.76. The first-order valence-corrected chi connectivity index (χ1v) is 15.1. The molecule has 1 atom stereocenters. The van der Waals surface area contributed by atoms with Crippen LogP contribution in [0.3, 0.4) is 0 Å². The highest BCUT2D eigenvalue weighted by Gasteiger charge is 2.29. The van der Waals surface area contributed by atoms with Crippen molar-refractivity contribution in [3.63, 3.8) is 0 Å². The fourth-order valence-corrected chi connectivity index (χ4v) is 6.04. The van der Waals surface area contributed by atoms with Gasteiger partial charge in [-0.15, -0.1) is 0 Å². The number of hydrogen-bond acceptors (Lipinski definition) is 7. The Kier molecular flexibility index (Phi) is 9.10. The van der Waals surface area contributed by atoms with Crippen molar-refractivity contribution in [3.8, 4) is 17.1 Å². The van der Waals surface area contributed by atoms with Crippen molar-refractivity contribution in [2.45, 2.75) is 51.5 Å². The van der Waals surface area contributed by atoms with E-state index in [1.54, 1.807) is 18.2 Å². The van der Waals surface area contributed by atoms with Gasteiger partial charge in [-0.3, -0.25) is 4.79 Å². The van der Waals surface area contributed by atoms with Crippen LogP contribution in [0.25, 0.3) is 11.3 Å². The molecule has 0 radical (unpaired) electrons. The molecule has 4 rings (SSSR count). The smallest absolute Gasteiger partial charge is 0.264 e. The van der Waals surface area contributed by atoms with E-state index < -0.39 is 10.0 Å². The van der Waals surface area contributed by atoms with Gasteiger partial charge in [-0.2, -0.15) is 4.98 Å². The molecule has 0 fully saturated rings. The predicted octanol–water partition coefficient (Wildman–Crippen LogP) is 4.76. The predicted molar refractivity (Wildman–Crippen MR) is 157 cm³/mol. The number of nitrogens with zero attached hydrogens (tertiary/aromatic N) is 4. The third-order valence-electron chi connectivity index (χ3n) is 6.93. The lowest BCUT2D eigenvalue weighted by atomic mass is 10.00. The number of ether oxygens (including phenoxy) is 1. The molecule has 1 amide bonds. The lowest BCUT2D eigenvalue weighted by molar-refractivity contribution is 0.0567. The molecule has 4 bridgehead atoms. The van der Waals surface area contributed by atoms with Crippen LogP contribution < -0.4 is 9.46 Å². The summed E-state index contributed by atoms with van der Waals surface area (Å²) >= 11 is 0. The molecule has 0 saturated heterocycles. The Balaban J connectivity index is 1.86. The molecule has 2 heterocycles. The number of hydrogen-bond donors (Lipinski definition) is 1. The highest BCUT2D eigenvalue weighted by atomic mass is 32.2. The standard InChI is InChI=1S/C30H39N5O4S/c1-20(2)16-24-19-39-27-18-26(28-21(3)10-7-11-22(28)4)31-30(32-27)33-40(37,38)25-13-8-12-23(17-25)29(36)35(24)15-9-14-34(5)6/h7-8,10-13,17-18,20,24H,9,14-16,19H2,1-6H3,(H,31,32,33)/t24-/m1/s1. The van der Waals surface area contributed by atoms with Crippen molar-refractivity contribution in [1.82, 2.24) is 19.8 Å². The van der Waals surface area contributed by atoms with E-state index in [0.717, 1.165) is 29.7 Å². The van der Waals surface area contributed by atoms with Crippen LogP contribution >= 0.6 is 0 Å². The van der Waals surface area contributed by atoms with Gasteiger partial charge in [0.15, 0.2) is 0 Å². The van der Waals surface area contributed by atoms with Crippen LogP contribution in [0.1, 0.15) is 48.2 Å². The first-order valence-electron chi connectivity index (χ1n) is 13.6. The highest BCUT2D eigenvalue weighted by molar-refractivity contribution is 7.92. The van der Waals surface area contributed by atoms with Gasteiger partial charge in [0.25, 0.3) is 15.9 Å². The zero-order valence-corrected chi connectivity index (χ0v) is 25.0. The molecule has 1 aliphatic rings. The summed E-state index contributed by atoms with van der Waals surface area (Å²) in [6.07, 6.45) is 1.48. The van der Waals surface area contributed by atoms with Gasteiger partial charge in [0.2, 0.25) is 11.8 Å². The fourth-order valence-electron chi connectivity index (χ4n) is 5.05. The molecular weight excluding hydrogens is 526 g/mol. The Morgan fingerprint density at radius 3 is 2.45 bits per heavy atom. The molecule has 0 spiro atoms. The van der Waals surface area contributed by atoms with Gasteiger partial charge in [-0.1, -0.05) is 38.1 Å². The van der Waals surface area contributed by atoms with E-state index in [1.165, 1.54) is 12.1 Å². The lowest BCUT2D eigenvalue weighted by Crippen LogP contribution is -2.45. The molecule has 0 aliphatic carbocycles. The summed E-state index contributed by atoms with van der Waals surface area (Å²) < 4.78 is 35.6. The third-order valence-corrected chi connectivity index (χ3v) is 8.26. The van der Waals surface area contributed by atoms with Crippen LogP contribution in [-0.4, -0.2) is 73.9 Å². The average molecular weight is 566 g/mol. The van der Waals surface area contributed by atoms with E-state index >= 15 is 0 Å². The largest absolute Gasteiger partial charge is 0.475 e. The number of rotatable bonds is 7. The number of carbonyl (C=O) groups is 1. The number of aryl methyl sites for hydroxylation is 2. The maximum Gasteiger partial charge on any atom is 0.264 e. The zero-order valence-electron chi connectivity index (χ0n) is 24.1. The van der Waals surface area contributed by atoms with E-state index in [9.17, 15) is 13.2 Å². The van der Waals surface area contributed by atoms with Crippen molar-refractivity contribution in [1.29, 1.82) is 0 Å². The van der Waals surface area contributed by atoms with Crippen LogP contribution in [0.5, 0.6) is 5.88 Å². The van der Waals surface area contributed by atoms with Gasteiger partial charge < -0.3 is 14.5 Å². The topological polar surface area (TPSA) is 105 Å². The second-order valence-corrected chi connectivity index (χ2v) is 12.7. The van der Waals surface area contributed by atoms with Gasteiger partial charge in [-0.05, 0) is 82.6 Å². The van der Waals surface area contributed by atoms with Crippen LogP contribution in [0.4, 0.5) is 5.95 Å². The molecule has 40 heavy (non-hydrogen) atoms. The second-order valence-electron chi connectivity index (χ2n) is 11.1. The average Bonchev–Trinajstić information content (AvgIpc) is 2.88. The maximum atomic E-state index is 13.9. The number of nitrogens with one attached hydrogen (secondary N) is 1. The molecular formula is C30H39N5O4S. The SMILES string of the molecule is Cc1cccc(C)c1-c1cc2nc(n1)NS(=O)(=O)c1cccc(c1)C(=O)N(CCCN(C)C)[C@H](CC(C)C)CO2. The van der Waals surface area contributed by atoms with E-state index in [4.69, 9.17) is 4.74 Å². The molecule has 2 aromatic carbocycles. The number of fused-ring (bicyclic) bond motifs is 4. The number of benzene rings is 2. The van der Waals surface area contributed by atoms with Gasteiger partial charge in [0.05, 0.1) is 16.6 Å². The lowest BCUT2D eigenvalue weighted by Gasteiger charge is -2.33. The van der Waals surface area contributed by atoms with Crippen molar-refractivity contribution in [2.75, 3.05) is 38.5 Å². The van der Waals surface area contributed by atoms with Gasteiger partial charge >= 0.3 is 0 Å². The first kappa shape index (κ1) is 29.5. The summed E-state index contributed by atoms with van der Waals surface area (Å²) in [7, 11) is -0.0912. The quantitative estimate of drug-likeness (QED) is 0.440. The Labute approximate surface area is 237 Å². The van der Waals surface area contributed by atoms with E-state index in [-0.39, 0.29) is 35.3 Å². The minimum atomic E-state index is -4.09. The molecule has 0 unspecified atom stereocenters. The number of carbonyl (C=O) groups excluding carboxylic acids is 1. The molecule has 1 N–H and O–H groups in total. The van der Waals surface area contributed by atoms with Crippen LogP contribution in [-0.2, 0) is 10.0 Å². The number of aromatic nitrogens is 2. The minimum Gasteiger partial charge on any atom is -0.475 e. The summed E-state index contributed by atoms with van der Waals surface area (Å²) in [5.74, 6) is 0.228. The van der Waals surface area contributed by atoms with Gasteiger partial charge in [-0.25, -0.2) is 18.1 Å². The normalized spacial score (nSPS) is 17.1. The summed E-state index contributed by atoms with van der Waals surface area (Å²) in [6.45, 7) is 9.73. The van der Waals surface area contributed by atoms with E-state index in [2.05, 4.69) is 33.4 Å². The molecule has 214 valence electrons. The molecule has 3 aromatic rings. The van der Waals surface area contributed by atoms with Crippen LogP contribution in [0, 0.1) is 19.8 Å². The van der Waals surface area contributed by atoms with Crippen molar-refractivity contribution >= 4 is 21.9 Å². The zero-order chi connectivity index (χ0) is 29.0. The maximum absolute atomic E-state index is 13.9. The van der Waals surface area contributed by atoms with Crippen molar-refractivity contribution in [3.05, 3.63) is 65.2 Å². The highest BCUT2D eigenvalue weighted by Crippen LogP contribution is 2.30. The van der Waals surface area contributed by atoms with Gasteiger partial charge in [0.1, 0.15) is 6.61 Å². The Hall–Kier alpha value is -3.50. The van der Waals surface area contributed by atoms with Crippen molar-refractivity contribution < 1.29 is 17.9 Å². The van der Waals surface area contributed by atoms with E-state index in [0.29, 0.717) is 30.1 Å². The van der Waals surface area contributed by atoms with Crippen LogP contribution in [0.2, 0.25) is 0 Å². The third kappa shape index (κ3) is 6.98. The molecule has 0 saturated carbocycles. The van der Waals surface area contributed by atoms with Crippen LogP contribution in [0.15, 0.2) is 53.4 Å². The molecule has 10 heteroatoms. The fraction of sp³-hybridized carbons (Fsp3) is 0.433. The Morgan fingerprint density at radius 1 is 1.07 bits per heavy atom. The summed E-state index contributed by atoms with van der Waals surface area (Å²) in [5, 5.41) is 0.